The molecule has 0 fully saturated rings. The van der Waals surface area contributed by atoms with Crippen LogP contribution in [0.25, 0.3) is 0 Å². The zero-order valence-electron chi connectivity index (χ0n) is 12.2. The van der Waals surface area contributed by atoms with Gasteiger partial charge in [0.2, 0.25) is 5.91 Å². The Hall–Kier alpha value is -1.07. The Morgan fingerprint density at radius 2 is 1.95 bits per heavy atom. The van der Waals surface area contributed by atoms with Gasteiger partial charge < -0.3 is 10.0 Å². The van der Waals surface area contributed by atoms with E-state index in [1.165, 1.54) is 23.9 Å². The number of carbonyl (C=O) groups is 1. The van der Waals surface area contributed by atoms with Gasteiger partial charge in [0, 0.05) is 30.2 Å². The molecule has 0 spiro atoms. The third kappa shape index (κ3) is 6.39. The van der Waals surface area contributed by atoms with Crippen molar-refractivity contribution in [2.45, 2.75) is 37.7 Å². The first-order valence-corrected chi connectivity index (χ1v) is 7.69. The molecule has 0 aliphatic carbocycles. The van der Waals surface area contributed by atoms with Gasteiger partial charge >= 0.3 is 0 Å². The van der Waals surface area contributed by atoms with Crippen LogP contribution in [0.15, 0.2) is 29.2 Å². The molecule has 0 aliphatic rings. The van der Waals surface area contributed by atoms with Crippen molar-refractivity contribution in [3.8, 4) is 0 Å². The van der Waals surface area contributed by atoms with Gasteiger partial charge in [0.1, 0.15) is 5.82 Å². The summed E-state index contributed by atoms with van der Waals surface area (Å²) in [6.45, 7) is 6.21. The lowest BCUT2D eigenvalue weighted by Gasteiger charge is -2.28. The van der Waals surface area contributed by atoms with Crippen LogP contribution in [0.2, 0.25) is 0 Å². The minimum atomic E-state index is -0.879. The number of nitrogens with zero attached hydrogens (tertiary/aromatic N) is 1. The number of hydrogen-bond acceptors (Lipinski definition) is 3. The average Bonchev–Trinajstić information content (AvgIpc) is 2.37. The summed E-state index contributed by atoms with van der Waals surface area (Å²) in [6, 6.07) is 6.24. The van der Waals surface area contributed by atoms with Crippen molar-refractivity contribution in [2.24, 2.45) is 0 Å². The van der Waals surface area contributed by atoms with Crippen LogP contribution >= 0.6 is 11.8 Å². The summed E-state index contributed by atoms with van der Waals surface area (Å²) in [5, 5.41) is 9.76. The van der Waals surface area contributed by atoms with E-state index >= 15 is 0 Å². The predicted octanol–water partition coefficient (Wildman–Crippen LogP) is 2.93. The van der Waals surface area contributed by atoms with Crippen molar-refractivity contribution >= 4 is 17.7 Å². The average molecular weight is 299 g/mol. The highest BCUT2D eigenvalue weighted by Gasteiger charge is 2.20. The zero-order chi connectivity index (χ0) is 15.2. The molecule has 0 saturated carbocycles. The lowest BCUT2D eigenvalue weighted by molar-refractivity contribution is -0.133. The highest BCUT2D eigenvalue weighted by atomic mass is 32.2. The molecule has 0 aliphatic heterocycles. The molecule has 0 atom stereocenters. The molecule has 1 amide bonds. The number of likely N-dealkylation sites (N-methyl/N-ethyl adjacent to an activating group) is 1. The molecule has 1 rings (SSSR count). The summed E-state index contributed by atoms with van der Waals surface area (Å²) < 4.78 is 12.8. The van der Waals surface area contributed by atoms with Crippen LogP contribution in [0.4, 0.5) is 4.39 Å². The molecule has 0 bridgehead atoms. The van der Waals surface area contributed by atoms with Crippen molar-refractivity contribution in [2.75, 3.05) is 18.8 Å². The highest BCUT2D eigenvalue weighted by Crippen LogP contribution is 2.19. The maximum atomic E-state index is 12.8. The minimum Gasteiger partial charge on any atom is -0.389 e. The van der Waals surface area contributed by atoms with Gasteiger partial charge in [-0.15, -0.1) is 11.8 Å². The number of carbonyl (C=O) groups excluding carboxylic acids is 1. The van der Waals surface area contributed by atoms with Gasteiger partial charge in [0.05, 0.1) is 5.60 Å². The molecule has 112 valence electrons. The Kier molecular flexibility index (Phi) is 6.49. The molecule has 3 nitrogen and oxygen atoms in total. The largest absolute Gasteiger partial charge is 0.389 e. The fourth-order valence-electron chi connectivity index (χ4n) is 1.79. The minimum absolute atomic E-state index is 0.0317. The summed E-state index contributed by atoms with van der Waals surface area (Å²) in [6.07, 6.45) is 0.409. The maximum absolute atomic E-state index is 12.8. The second kappa shape index (κ2) is 7.64. The molecule has 1 N–H and O–H groups in total. The third-order valence-electron chi connectivity index (χ3n) is 2.71. The van der Waals surface area contributed by atoms with E-state index in [9.17, 15) is 14.3 Å². The van der Waals surface area contributed by atoms with Crippen molar-refractivity contribution in [3.63, 3.8) is 0 Å². The SMILES string of the molecule is CCN(CC(C)(C)O)C(=O)CCSc1ccc(F)cc1. The Bertz CT molecular complexity index is 428. The summed E-state index contributed by atoms with van der Waals surface area (Å²) in [7, 11) is 0. The fourth-order valence-corrected chi connectivity index (χ4v) is 2.63. The molecule has 5 heteroatoms. The smallest absolute Gasteiger partial charge is 0.223 e. The number of rotatable bonds is 7. The number of benzene rings is 1. The summed E-state index contributed by atoms with van der Waals surface area (Å²) in [5.74, 6) is 0.421. The highest BCUT2D eigenvalue weighted by molar-refractivity contribution is 7.99. The van der Waals surface area contributed by atoms with Crippen molar-refractivity contribution in [1.29, 1.82) is 0 Å². The predicted molar refractivity (Wildman–Crippen MR) is 80.3 cm³/mol. The molecular weight excluding hydrogens is 277 g/mol. The van der Waals surface area contributed by atoms with Gasteiger partial charge in [-0.3, -0.25) is 4.79 Å². The first-order valence-electron chi connectivity index (χ1n) is 6.70. The molecule has 0 saturated heterocycles. The van der Waals surface area contributed by atoms with Gasteiger partial charge in [-0.05, 0) is 45.0 Å². The van der Waals surface area contributed by atoms with Crippen molar-refractivity contribution in [1.82, 2.24) is 4.90 Å². The van der Waals surface area contributed by atoms with E-state index in [1.807, 2.05) is 6.92 Å². The second-order valence-electron chi connectivity index (χ2n) is 5.27. The van der Waals surface area contributed by atoms with Gasteiger partial charge in [-0.2, -0.15) is 0 Å². The molecule has 1 aromatic carbocycles. The Labute approximate surface area is 124 Å². The van der Waals surface area contributed by atoms with Crippen LogP contribution in [0.3, 0.4) is 0 Å². The monoisotopic (exact) mass is 299 g/mol. The van der Waals surface area contributed by atoms with Crippen LogP contribution < -0.4 is 0 Å². The summed E-state index contributed by atoms with van der Waals surface area (Å²) in [4.78, 5) is 14.6. The lowest BCUT2D eigenvalue weighted by atomic mass is 10.1. The molecular formula is C15H22FNO2S. The van der Waals surface area contributed by atoms with E-state index < -0.39 is 5.60 Å². The Morgan fingerprint density at radius 3 is 2.45 bits per heavy atom. The number of aliphatic hydroxyl groups is 1. The van der Waals surface area contributed by atoms with Crippen molar-refractivity contribution in [3.05, 3.63) is 30.1 Å². The van der Waals surface area contributed by atoms with Crippen LogP contribution in [0, 0.1) is 5.82 Å². The number of thioether (sulfide) groups is 1. The first-order chi connectivity index (χ1) is 9.31. The first kappa shape index (κ1) is 17.0. The fraction of sp³-hybridized carbons (Fsp3) is 0.533. The van der Waals surface area contributed by atoms with E-state index in [2.05, 4.69) is 0 Å². The Balaban J connectivity index is 2.40. The third-order valence-corrected chi connectivity index (χ3v) is 3.72. The van der Waals surface area contributed by atoms with Crippen LogP contribution in [0.1, 0.15) is 27.2 Å². The van der Waals surface area contributed by atoms with Crippen LogP contribution in [0.5, 0.6) is 0 Å². The lowest BCUT2D eigenvalue weighted by Crippen LogP contribution is -2.42. The standard InChI is InChI=1S/C15H22FNO2S/c1-4-17(11-15(2,3)19)14(18)9-10-20-13-7-5-12(16)6-8-13/h5-8,19H,4,9-11H2,1-3H3. The van der Waals surface area contributed by atoms with Gasteiger partial charge in [0.25, 0.3) is 0 Å². The molecule has 0 radical (unpaired) electrons. The maximum Gasteiger partial charge on any atom is 0.223 e. The normalized spacial score (nSPS) is 11.4. The zero-order valence-corrected chi connectivity index (χ0v) is 13.0. The van der Waals surface area contributed by atoms with Crippen LogP contribution in [-0.2, 0) is 4.79 Å². The van der Waals surface area contributed by atoms with Gasteiger partial charge in [0.15, 0.2) is 0 Å². The topological polar surface area (TPSA) is 40.5 Å². The van der Waals surface area contributed by atoms with Crippen molar-refractivity contribution < 1.29 is 14.3 Å². The molecule has 20 heavy (non-hydrogen) atoms. The Morgan fingerprint density at radius 1 is 1.35 bits per heavy atom. The van der Waals surface area contributed by atoms with E-state index in [1.54, 1.807) is 30.9 Å². The molecule has 0 heterocycles. The van der Waals surface area contributed by atoms with E-state index in [0.29, 0.717) is 25.3 Å². The summed E-state index contributed by atoms with van der Waals surface area (Å²) >= 11 is 1.53. The van der Waals surface area contributed by atoms with E-state index in [0.717, 1.165) is 4.90 Å². The van der Waals surface area contributed by atoms with Gasteiger partial charge in [-0.1, -0.05) is 0 Å². The second-order valence-corrected chi connectivity index (χ2v) is 6.44. The van der Waals surface area contributed by atoms with Gasteiger partial charge in [-0.25, -0.2) is 4.39 Å². The molecule has 1 aromatic rings. The van der Waals surface area contributed by atoms with E-state index in [4.69, 9.17) is 0 Å². The summed E-state index contributed by atoms with van der Waals surface area (Å²) in [5.41, 5.74) is -0.879. The number of halogens is 1. The quantitative estimate of drug-likeness (QED) is 0.787. The molecule has 0 aromatic heterocycles. The van der Waals surface area contributed by atoms with E-state index in [-0.39, 0.29) is 11.7 Å². The van der Waals surface area contributed by atoms with Crippen LogP contribution in [-0.4, -0.2) is 40.4 Å². The number of amides is 1. The molecule has 0 unspecified atom stereocenters. The number of hydrogen-bond donors (Lipinski definition) is 1.